The van der Waals surface area contributed by atoms with E-state index < -0.39 is 0 Å². The first-order valence-corrected chi connectivity index (χ1v) is 7.27. The number of thiocarbonyl (C=S) groups is 1. The molecule has 0 bridgehead atoms. The number of amides is 1. The highest BCUT2D eigenvalue weighted by molar-refractivity contribution is 7.80. The molecule has 0 aromatic heterocycles. The molecule has 0 aliphatic carbocycles. The summed E-state index contributed by atoms with van der Waals surface area (Å²) >= 11 is 5.11. The third-order valence-corrected chi connectivity index (χ3v) is 3.08. The second kappa shape index (κ2) is 9.02. The summed E-state index contributed by atoms with van der Waals surface area (Å²) in [6, 6.07) is 7.35. The van der Waals surface area contributed by atoms with Crippen LogP contribution in [0.3, 0.4) is 0 Å². The lowest BCUT2D eigenvalue weighted by Gasteiger charge is -2.09. The highest BCUT2D eigenvalue weighted by atomic mass is 32.1. The first-order valence-electron chi connectivity index (χ1n) is 6.86. The maximum atomic E-state index is 11.9. The van der Waals surface area contributed by atoms with Crippen molar-refractivity contribution >= 4 is 29.5 Å². The molecule has 0 aliphatic rings. The maximum Gasteiger partial charge on any atom is 0.257 e. The molecular weight excluding hydrogens is 282 g/mol. The molecule has 2 N–H and O–H groups in total. The first kappa shape index (κ1) is 17.0. The molecule has 1 aromatic carbocycles. The molecule has 1 rings (SSSR count). The molecule has 0 unspecified atom stereocenters. The van der Waals surface area contributed by atoms with Gasteiger partial charge in [0.2, 0.25) is 0 Å². The molecule has 0 heterocycles. The van der Waals surface area contributed by atoms with Crippen molar-refractivity contribution in [2.75, 3.05) is 6.54 Å². The number of carbonyl (C=O) groups is 1. The number of carbonyl (C=O) groups excluding carboxylic acids is 1. The van der Waals surface area contributed by atoms with Crippen molar-refractivity contribution in [3.63, 3.8) is 0 Å². The fraction of sp³-hybridized carbons (Fsp3) is 0.312. The molecule has 0 atom stereocenters. The van der Waals surface area contributed by atoms with Crippen LogP contribution in [0.15, 0.2) is 41.0 Å². The van der Waals surface area contributed by atoms with Gasteiger partial charge in [0, 0.05) is 30.4 Å². The Bertz CT molecular complexity index is 547. The van der Waals surface area contributed by atoms with Crippen LogP contribution in [0.1, 0.15) is 36.2 Å². The van der Waals surface area contributed by atoms with Crippen molar-refractivity contribution in [2.24, 2.45) is 4.99 Å². The van der Waals surface area contributed by atoms with Crippen LogP contribution in [0.4, 0.5) is 0 Å². The van der Waals surface area contributed by atoms with E-state index in [9.17, 15) is 4.79 Å². The Kier molecular flexibility index (Phi) is 7.32. The zero-order valence-electron chi connectivity index (χ0n) is 12.6. The van der Waals surface area contributed by atoms with Gasteiger partial charge in [0.05, 0.1) is 0 Å². The van der Waals surface area contributed by atoms with E-state index in [0.29, 0.717) is 17.2 Å². The average molecular weight is 303 g/mol. The Balaban J connectivity index is 2.40. The maximum absolute atomic E-state index is 11.9. The molecule has 0 saturated heterocycles. The minimum Gasteiger partial charge on any atom is -0.362 e. The van der Waals surface area contributed by atoms with Crippen LogP contribution in [0.25, 0.3) is 0 Å². The summed E-state index contributed by atoms with van der Waals surface area (Å²) in [5.74, 6) is -0.203. The number of hydrogen-bond acceptors (Lipinski definition) is 3. The van der Waals surface area contributed by atoms with E-state index in [-0.39, 0.29) is 5.91 Å². The number of allylic oxidation sites excluding steroid dienone is 1. The molecule has 5 heteroatoms. The van der Waals surface area contributed by atoms with Crippen LogP contribution in [-0.4, -0.2) is 23.8 Å². The number of nitrogens with zero attached hydrogens (tertiary/aromatic N) is 1. The number of rotatable bonds is 5. The molecule has 112 valence electrons. The van der Waals surface area contributed by atoms with Crippen LogP contribution < -0.4 is 10.6 Å². The van der Waals surface area contributed by atoms with Gasteiger partial charge in [0.15, 0.2) is 5.11 Å². The van der Waals surface area contributed by atoms with E-state index in [4.69, 9.17) is 12.2 Å². The van der Waals surface area contributed by atoms with E-state index in [1.54, 1.807) is 18.3 Å². The second-order valence-corrected chi connectivity index (χ2v) is 4.90. The zero-order valence-corrected chi connectivity index (χ0v) is 13.5. The van der Waals surface area contributed by atoms with Gasteiger partial charge in [0.1, 0.15) is 0 Å². The summed E-state index contributed by atoms with van der Waals surface area (Å²) in [6.07, 6.45) is 4.46. The molecular formula is C16H21N3OS. The molecule has 0 fully saturated rings. The van der Waals surface area contributed by atoms with E-state index in [1.807, 2.05) is 39.0 Å². The Morgan fingerprint density at radius 1 is 1.29 bits per heavy atom. The van der Waals surface area contributed by atoms with Crippen molar-refractivity contribution < 1.29 is 4.79 Å². The molecule has 21 heavy (non-hydrogen) atoms. The Hall–Kier alpha value is -2.01. The Morgan fingerprint density at radius 2 is 1.95 bits per heavy atom. The van der Waals surface area contributed by atoms with Gasteiger partial charge >= 0.3 is 0 Å². The fourth-order valence-electron chi connectivity index (χ4n) is 1.68. The minimum absolute atomic E-state index is 0.203. The van der Waals surface area contributed by atoms with Crippen LogP contribution in [0.2, 0.25) is 0 Å². The number of nitrogens with one attached hydrogen (secondary N) is 2. The Morgan fingerprint density at radius 3 is 2.52 bits per heavy atom. The third kappa shape index (κ3) is 6.31. The summed E-state index contributed by atoms with van der Waals surface area (Å²) in [4.78, 5) is 16.2. The molecule has 0 spiro atoms. The predicted molar refractivity (Wildman–Crippen MR) is 91.8 cm³/mol. The topological polar surface area (TPSA) is 53.5 Å². The molecule has 0 aliphatic heterocycles. The van der Waals surface area contributed by atoms with Crippen LogP contribution >= 0.6 is 12.2 Å². The third-order valence-electron chi connectivity index (χ3n) is 2.84. The minimum atomic E-state index is -0.203. The summed E-state index contributed by atoms with van der Waals surface area (Å²) in [7, 11) is 0. The molecule has 1 aromatic rings. The lowest BCUT2D eigenvalue weighted by atomic mass is 10.1. The fourth-order valence-corrected chi connectivity index (χ4v) is 1.87. The van der Waals surface area contributed by atoms with E-state index in [0.717, 1.165) is 17.7 Å². The van der Waals surface area contributed by atoms with Gasteiger partial charge in [-0.2, -0.15) is 0 Å². The highest BCUT2D eigenvalue weighted by Gasteiger charge is 2.06. The summed E-state index contributed by atoms with van der Waals surface area (Å²) in [5, 5.41) is 6.00. The van der Waals surface area contributed by atoms with Gasteiger partial charge in [0.25, 0.3) is 5.91 Å². The van der Waals surface area contributed by atoms with Crippen molar-refractivity contribution in [1.82, 2.24) is 10.6 Å². The van der Waals surface area contributed by atoms with Crippen LogP contribution in [0, 0.1) is 6.92 Å². The van der Waals surface area contributed by atoms with Gasteiger partial charge in [-0.1, -0.05) is 23.8 Å². The normalized spacial score (nSPS) is 11.5. The van der Waals surface area contributed by atoms with Crippen molar-refractivity contribution in [3.8, 4) is 0 Å². The lowest BCUT2D eigenvalue weighted by Crippen LogP contribution is -2.39. The summed E-state index contributed by atoms with van der Waals surface area (Å²) < 4.78 is 0. The van der Waals surface area contributed by atoms with E-state index >= 15 is 0 Å². The highest BCUT2D eigenvalue weighted by Crippen LogP contribution is 2.03. The monoisotopic (exact) mass is 303 g/mol. The van der Waals surface area contributed by atoms with Crippen molar-refractivity contribution in [1.29, 1.82) is 0 Å². The van der Waals surface area contributed by atoms with Gasteiger partial charge < -0.3 is 5.32 Å². The van der Waals surface area contributed by atoms with E-state index in [1.165, 1.54) is 0 Å². The first-order chi connectivity index (χ1) is 10.1. The van der Waals surface area contributed by atoms with Gasteiger partial charge in [-0.3, -0.25) is 15.1 Å². The number of aryl methyl sites for hydroxylation is 1. The van der Waals surface area contributed by atoms with Gasteiger partial charge in [-0.15, -0.1) is 0 Å². The summed E-state index contributed by atoms with van der Waals surface area (Å²) in [5.41, 5.74) is 2.69. The second-order valence-electron chi connectivity index (χ2n) is 4.49. The van der Waals surface area contributed by atoms with Crippen molar-refractivity contribution in [3.05, 3.63) is 47.2 Å². The smallest absolute Gasteiger partial charge is 0.257 e. The SMILES string of the molecule is CC=N/C(=C\C)CCNC(=S)NC(=O)c1ccc(C)cc1. The van der Waals surface area contributed by atoms with Crippen molar-refractivity contribution in [2.45, 2.75) is 27.2 Å². The van der Waals surface area contributed by atoms with Gasteiger partial charge in [-0.25, -0.2) is 0 Å². The zero-order chi connectivity index (χ0) is 15.7. The number of hydrogen-bond donors (Lipinski definition) is 2. The van der Waals surface area contributed by atoms with E-state index in [2.05, 4.69) is 15.6 Å². The summed E-state index contributed by atoms with van der Waals surface area (Å²) in [6.45, 7) is 6.43. The lowest BCUT2D eigenvalue weighted by molar-refractivity contribution is 0.0976. The quantitative estimate of drug-likeness (QED) is 0.649. The van der Waals surface area contributed by atoms with Crippen LogP contribution in [-0.2, 0) is 0 Å². The van der Waals surface area contributed by atoms with Gasteiger partial charge in [-0.05, 0) is 45.1 Å². The Labute approximate surface area is 131 Å². The molecule has 0 radical (unpaired) electrons. The number of aliphatic imine (C=N–C) groups is 1. The van der Waals surface area contributed by atoms with Crippen LogP contribution in [0.5, 0.6) is 0 Å². The predicted octanol–water partition coefficient (Wildman–Crippen LogP) is 2.98. The number of benzene rings is 1. The largest absolute Gasteiger partial charge is 0.362 e. The molecule has 0 saturated carbocycles. The average Bonchev–Trinajstić information content (AvgIpc) is 2.46. The molecule has 4 nitrogen and oxygen atoms in total. The standard InChI is InChI=1S/C16H21N3OS/c1-4-14(17-5-2)10-11-18-16(21)19-15(20)13-8-6-12(3)7-9-13/h4-9H,10-11H2,1-3H3,(H2,18,19,20,21)/b14-4-,17-5?. The molecule has 1 amide bonds.